The molecular formula is C107H111FN30O12. The first kappa shape index (κ1) is 108. The van der Waals surface area contributed by atoms with E-state index in [-0.39, 0.29) is 74.2 Å². The van der Waals surface area contributed by atoms with Crippen LogP contribution in [0.25, 0.3) is 39.7 Å². The van der Waals surface area contributed by atoms with Gasteiger partial charge in [-0.05, 0) is 194 Å². The van der Waals surface area contributed by atoms with Gasteiger partial charge in [-0.25, -0.2) is 51.8 Å². The molecule has 0 aliphatic rings. The van der Waals surface area contributed by atoms with Gasteiger partial charge < -0.3 is 86.8 Å². The van der Waals surface area contributed by atoms with Crippen molar-refractivity contribution in [2.24, 2.45) is 0 Å². The lowest BCUT2D eigenvalue weighted by Crippen LogP contribution is -2.36. The number of ether oxygens (including phenoxy) is 4. The third kappa shape index (κ3) is 34.0. The molecule has 12 aromatic heterocycles. The number of nitrogens with zero attached hydrogens (tertiary/aromatic N) is 19. The Bertz CT molecular complexity index is 7240. The van der Waals surface area contributed by atoms with Crippen LogP contribution in [0, 0.1) is 5.82 Å². The predicted molar refractivity (Wildman–Crippen MR) is 563 cm³/mol. The van der Waals surface area contributed by atoms with Gasteiger partial charge in [-0.1, -0.05) is 91.0 Å². The Labute approximate surface area is 862 Å². The summed E-state index contributed by atoms with van der Waals surface area (Å²) in [6.45, 7) is 3.44. The minimum Gasteiger partial charge on any atom is -0.497 e. The predicted octanol–water partition coefficient (Wildman–Crippen LogP) is 15.4. The quantitative estimate of drug-likeness (QED) is 0.0182. The molecule has 18 rings (SSSR count). The van der Waals surface area contributed by atoms with Crippen molar-refractivity contribution in [1.82, 2.24) is 125 Å². The van der Waals surface area contributed by atoms with E-state index >= 15 is 0 Å². The van der Waals surface area contributed by atoms with Gasteiger partial charge in [-0.2, -0.15) is 25.5 Å². The number of anilines is 5. The Morgan fingerprint density at radius 2 is 0.813 bits per heavy atom. The number of hydrogen-bond acceptors (Lipinski definition) is 25. The maximum atomic E-state index is 13.1. The third-order valence-corrected chi connectivity index (χ3v) is 21.7. The van der Waals surface area contributed by atoms with Crippen LogP contribution < -0.4 is 72.1 Å². The second kappa shape index (κ2) is 56.4. The first-order valence-electron chi connectivity index (χ1n) is 46.7. The summed E-state index contributed by atoms with van der Waals surface area (Å²) in [5.41, 5.74) is 13.9. The molecule has 768 valence electrons. The molecule has 0 radical (unpaired) electrons. The van der Waals surface area contributed by atoms with Crippen LogP contribution >= 0.6 is 0 Å². The van der Waals surface area contributed by atoms with Gasteiger partial charge in [-0.3, -0.25) is 45.1 Å². The van der Waals surface area contributed by atoms with Crippen molar-refractivity contribution < 1.29 is 62.3 Å². The van der Waals surface area contributed by atoms with E-state index in [4.69, 9.17) is 18.9 Å². The number of aliphatic hydroxyl groups is 2. The molecule has 0 saturated carbocycles. The van der Waals surface area contributed by atoms with Gasteiger partial charge in [0.2, 0.25) is 0 Å². The van der Waals surface area contributed by atoms with E-state index in [1.807, 2.05) is 184 Å². The summed E-state index contributed by atoms with van der Waals surface area (Å²) in [6, 6.07) is 68.6. The highest BCUT2D eigenvalue weighted by Gasteiger charge is 2.23. The Morgan fingerprint density at radius 3 is 1.29 bits per heavy atom. The molecule has 43 heteroatoms. The molecule has 3 atom stereocenters. The number of likely N-dealkylation sites (N-methyl/N-ethyl adjacent to an activating group) is 1. The Kier molecular flexibility index (Phi) is 40.4. The molecule has 150 heavy (non-hydrogen) atoms. The molecule has 0 saturated heterocycles. The van der Waals surface area contributed by atoms with Crippen LogP contribution in [0.2, 0.25) is 0 Å². The van der Waals surface area contributed by atoms with Crippen molar-refractivity contribution >= 4 is 64.6 Å². The standard InChI is InChI=1S/C19H21N5O3.C19H21N5O.C18H19N5O3.C18H19N5O2.C17H17N5O2.C16H14FN5O/c1-27-18-4-2-3-15(11-18)13-23(9-10-25)19(26)22-16-12-21-24(14-16)17-5-7-20-8-6-17;1-24(2)13-18(14-6-4-3-5-7-14)21-19(25)17-12-16(22-23-17)15-8-10-20-11-9-15;1-26-16-4-2-3-13(9-16)17(12-24)22-18(25)21-14-10-20-23(11-14)15-5-7-19-8-6-15;1-13(14-4-3-5-17(10-14)25-2)21-18(24)22-15-11-20-23(12-15)16-6-8-19-9-7-16;1-24-15-4-2-3-13(11-15)12-19-17(23)20-16-7-10-22(21-16)14-5-8-18-9-6-14;17-13-3-1-2-12(8-13)9-19-16(23)21-14-10-20-22(11-14)15-4-6-18-7-5-15/h2-8,11-12,14,25H,9-10,13H2,1H3,(H,22,26);3-12,18H,13H2,1-2H3,(H,21,25)(H,22,23);2-11,17,24H,12H2,1H3,(H2,21,22,25);3-13H,1-2H3,(H2,21,22,24);2-11H,12H2,1H3,(H2,19,20,21,23);1-8,10-11H,9H2,(H2,19,21,23). The van der Waals surface area contributed by atoms with Crippen LogP contribution in [-0.4, -0.2) is 214 Å². The molecule has 0 aliphatic carbocycles. The smallest absolute Gasteiger partial charge is 0.322 e. The minimum atomic E-state index is -0.555. The zero-order chi connectivity index (χ0) is 106. The number of aromatic amines is 1. The summed E-state index contributed by atoms with van der Waals surface area (Å²) < 4.78 is 42.0. The summed E-state index contributed by atoms with van der Waals surface area (Å²) in [6.07, 6.45) is 35.0. The minimum absolute atomic E-state index is 0.101. The van der Waals surface area contributed by atoms with Crippen LogP contribution in [-0.2, 0) is 19.6 Å². The van der Waals surface area contributed by atoms with Crippen molar-refractivity contribution in [3.63, 3.8) is 0 Å². The molecule has 3 unspecified atom stereocenters. The van der Waals surface area contributed by atoms with Gasteiger partial charge in [0.1, 0.15) is 34.5 Å². The zero-order valence-corrected chi connectivity index (χ0v) is 82.7. The van der Waals surface area contributed by atoms with Gasteiger partial charge in [0.15, 0.2) is 5.82 Å². The summed E-state index contributed by atoms with van der Waals surface area (Å²) in [5, 5.41) is 74.9. The van der Waals surface area contributed by atoms with Crippen molar-refractivity contribution in [2.75, 3.05) is 95.4 Å². The number of aromatic nitrogens is 18. The number of benzene rings is 6. The SMILES string of the molecule is CN(C)CC(NC(=O)c1cc(-c2ccncc2)n[nH]1)c1ccccc1.COc1cccc(C(C)NC(=O)Nc2cnn(-c3ccncc3)c2)c1.COc1cccc(C(CO)NC(=O)Nc2cnn(-c3ccncc3)c2)c1.COc1cccc(CN(CCO)C(=O)Nc2cnn(-c3ccncc3)c2)c1.COc1cccc(CNC(=O)Nc2ccn(-c3ccncc3)n2)c1.O=C(NCc1cccc(F)c1)Nc1cnn(-c2ccncc2)c1. The molecule has 0 spiro atoms. The van der Waals surface area contributed by atoms with Gasteiger partial charge >= 0.3 is 30.2 Å². The van der Waals surface area contributed by atoms with Crippen LogP contribution in [0.3, 0.4) is 0 Å². The fourth-order valence-electron chi connectivity index (χ4n) is 14.2. The average Bonchev–Trinajstić information content (AvgIpc) is 1.69. The van der Waals surface area contributed by atoms with E-state index in [1.165, 1.54) is 17.0 Å². The molecular weight excluding hydrogens is 1920 g/mol. The van der Waals surface area contributed by atoms with E-state index in [0.717, 1.165) is 84.8 Å². The zero-order valence-electron chi connectivity index (χ0n) is 82.7. The number of nitrogens with one attached hydrogen (secondary N) is 11. The molecule has 11 amide bonds. The van der Waals surface area contributed by atoms with E-state index in [1.54, 1.807) is 249 Å². The maximum absolute atomic E-state index is 13.1. The molecule has 6 aromatic carbocycles. The van der Waals surface area contributed by atoms with Crippen LogP contribution in [0.15, 0.2) is 367 Å². The molecule has 42 nitrogen and oxygen atoms in total. The highest BCUT2D eigenvalue weighted by Crippen LogP contribution is 2.26. The van der Waals surface area contributed by atoms with Gasteiger partial charge in [-0.15, -0.1) is 5.10 Å². The first-order valence-corrected chi connectivity index (χ1v) is 46.7. The van der Waals surface area contributed by atoms with Gasteiger partial charge in [0, 0.05) is 125 Å². The molecule has 12 heterocycles. The number of urea groups is 5. The second-order valence-corrected chi connectivity index (χ2v) is 32.7. The lowest BCUT2D eigenvalue weighted by Gasteiger charge is -2.22. The largest absolute Gasteiger partial charge is 0.497 e. The number of carbonyl (C=O) groups excluding carboxylic acids is 6. The molecule has 0 fully saturated rings. The van der Waals surface area contributed by atoms with Crippen molar-refractivity contribution in [3.05, 3.63) is 412 Å². The Balaban J connectivity index is 0.000000150. The van der Waals surface area contributed by atoms with E-state index in [0.29, 0.717) is 65.2 Å². The average molecular weight is 2030 g/mol. The fraction of sp³-hybridized carbons (Fsp3) is 0.159. The highest BCUT2D eigenvalue weighted by atomic mass is 19.1. The number of carbonyl (C=O) groups is 6. The summed E-state index contributed by atoms with van der Waals surface area (Å²) in [5.74, 6) is 2.84. The van der Waals surface area contributed by atoms with Crippen molar-refractivity contribution in [1.29, 1.82) is 0 Å². The lowest BCUT2D eigenvalue weighted by molar-refractivity contribution is 0.0924. The van der Waals surface area contributed by atoms with E-state index < -0.39 is 12.1 Å². The van der Waals surface area contributed by atoms with Crippen LogP contribution in [0.5, 0.6) is 23.0 Å². The molecule has 0 aliphatic heterocycles. The summed E-state index contributed by atoms with van der Waals surface area (Å²) in [7, 11) is 10.4. The lowest BCUT2D eigenvalue weighted by atomic mass is 10.1. The van der Waals surface area contributed by atoms with Crippen LogP contribution in [0.4, 0.5) is 56.9 Å². The fourth-order valence-corrected chi connectivity index (χ4v) is 14.2. The molecule has 0 bridgehead atoms. The Morgan fingerprint density at radius 1 is 0.407 bits per heavy atom. The first-order chi connectivity index (χ1) is 73.1. The maximum Gasteiger partial charge on any atom is 0.322 e. The Hall–Kier alpha value is -19.7. The molecule has 13 N–H and O–H groups in total. The number of aliphatic hydroxyl groups excluding tert-OH is 2. The number of pyridine rings is 6. The number of methoxy groups -OCH3 is 4. The van der Waals surface area contributed by atoms with Crippen molar-refractivity contribution in [2.45, 2.75) is 44.7 Å². The highest BCUT2D eigenvalue weighted by molar-refractivity contribution is 5.94. The number of amides is 11. The third-order valence-electron chi connectivity index (χ3n) is 21.7. The molecule has 18 aromatic rings. The number of halogens is 1. The number of rotatable bonds is 33. The van der Waals surface area contributed by atoms with E-state index in [2.05, 4.69) is 119 Å². The van der Waals surface area contributed by atoms with Crippen molar-refractivity contribution in [3.8, 4) is 62.7 Å². The summed E-state index contributed by atoms with van der Waals surface area (Å²) >= 11 is 0. The topological polar surface area (TPSA) is 502 Å². The van der Waals surface area contributed by atoms with Crippen LogP contribution in [0.1, 0.15) is 68.9 Å². The number of hydrogen-bond donors (Lipinski definition) is 13. The van der Waals surface area contributed by atoms with E-state index in [9.17, 15) is 43.4 Å². The number of H-pyrrole nitrogens is 1. The summed E-state index contributed by atoms with van der Waals surface area (Å²) in [4.78, 5) is 101. The van der Waals surface area contributed by atoms with Gasteiger partial charge in [0.05, 0.1) is 166 Å². The monoisotopic (exact) mass is 2030 g/mol. The normalized spacial score (nSPS) is 11.1. The second-order valence-electron chi connectivity index (χ2n) is 32.7. The van der Waals surface area contributed by atoms with Gasteiger partial charge in [0.25, 0.3) is 5.91 Å².